The number of amides is 1. The van der Waals surface area contributed by atoms with Gasteiger partial charge in [-0.3, -0.25) is 14.4 Å². The predicted octanol–water partition coefficient (Wildman–Crippen LogP) is 1.42. The van der Waals surface area contributed by atoms with Gasteiger partial charge in [0.2, 0.25) is 5.91 Å². The maximum absolute atomic E-state index is 12.8. The first kappa shape index (κ1) is 25.3. The van der Waals surface area contributed by atoms with E-state index in [1.165, 1.54) is 7.11 Å². The first-order chi connectivity index (χ1) is 12.5. The fourth-order valence-electron chi connectivity index (χ4n) is 2.96. The lowest BCUT2D eigenvalue weighted by Gasteiger charge is -2.37. The zero-order valence-electron chi connectivity index (χ0n) is 17.4. The minimum atomic E-state index is -1.12. The van der Waals surface area contributed by atoms with Gasteiger partial charge in [0.25, 0.3) is 0 Å². The summed E-state index contributed by atoms with van der Waals surface area (Å²) >= 11 is 0. The molecule has 0 aliphatic heterocycles. The van der Waals surface area contributed by atoms with Gasteiger partial charge in [0.15, 0.2) is 0 Å². The second-order valence-corrected chi connectivity index (χ2v) is 7.69. The monoisotopic (exact) mass is 389 g/mol. The molecule has 0 saturated carbocycles. The topological polar surface area (TPSA) is 125 Å². The number of methoxy groups -OCH3 is 1. The fraction of sp³-hybridized carbons (Fsp3) is 0.842. The molecule has 0 aliphatic rings. The van der Waals surface area contributed by atoms with Crippen molar-refractivity contribution in [1.82, 2.24) is 0 Å². The number of aliphatic hydroxyl groups excluding tert-OH is 1. The number of aliphatic hydroxyl groups is 1. The van der Waals surface area contributed by atoms with Crippen LogP contribution in [0.5, 0.6) is 0 Å². The van der Waals surface area contributed by atoms with Crippen molar-refractivity contribution < 1.29 is 33.7 Å². The summed E-state index contributed by atoms with van der Waals surface area (Å²) in [6.45, 7) is 8.44. The van der Waals surface area contributed by atoms with Crippen molar-refractivity contribution in [1.29, 1.82) is 0 Å². The molecule has 158 valence electrons. The van der Waals surface area contributed by atoms with Crippen LogP contribution in [0.3, 0.4) is 0 Å². The number of hydrogen-bond donors (Lipinski definition) is 2. The van der Waals surface area contributed by atoms with Crippen LogP contribution in [0, 0.1) is 16.7 Å². The molecule has 0 aromatic rings. The Hall–Kier alpha value is -1.67. The number of nitrogens with two attached hydrogens (primary N) is 1. The van der Waals surface area contributed by atoms with E-state index in [9.17, 15) is 14.4 Å². The number of carbonyl (C=O) groups is 3. The van der Waals surface area contributed by atoms with E-state index in [0.29, 0.717) is 6.42 Å². The summed E-state index contributed by atoms with van der Waals surface area (Å²) in [7, 11) is 1.49. The van der Waals surface area contributed by atoms with Crippen molar-refractivity contribution in [3.8, 4) is 0 Å². The van der Waals surface area contributed by atoms with Crippen LogP contribution in [0.25, 0.3) is 0 Å². The standard InChI is InChI=1S/C19H35NO7/c1-7-18(4,17(24)27-14(3)11-21)12-19(5,10-13(2)15(20)22)16(23)26-9-8-25-6/h13-14,21H,7-12H2,1-6H3,(H2,20,22). The van der Waals surface area contributed by atoms with E-state index >= 15 is 0 Å². The van der Waals surface area contributed by atoms with E-state index in [2.05, 4.69) is 0 Å². The Balaban J connectivity index is 5.58. The summed E-state index contributed by atoms with van der Waals surface area (Å²) in [5.74, 6) is -2.12. The molecule has 0 fully saturated rings. The number of hydrogen-bond acceptors (Lipinski definition) is 7. The summed E-state index contributed by atoms with van der Waals surface area (Å²) in [5.41, 5.74) is 3.27. The van der Waals surface area contributed by atoms with Gasteiger partial charge in [-0.15, -0.1) is 0 Å². The highest BCUT2D eigenvalue weighted by Crippen LogP contribution is 2.42. The molecule has 0 bridgehead atoms. The van der Waals surface area contributed by atoms with Crippen LogP contribution >= 0.6 is 0 Å². The van der Waals surface area contributed by atoms with Crippen molar-refractivity contribution in [3.63, 3.8) is 0 Å². The molecule has 0 saturated heterocycles. The number of primary amides is 1. The molecule has 4 unspecified atom stereocenters. The summed E-state index contributed by atoms with van der Waals surface area (Å²) in [4.78, 5) is 37.0. The second kappa shape index (κ2) is 11.2. The van der Waals surface area contributed by atoms with Gasteiger partial charge in [-0.05, 0) is 40.0 Å². The molecule has 0 aliphatic carbocycles. The normalized spacial score (nSPS) is 17.9. The third-order valence-electron chi connectivity index (χ3n) is 4.87. The van der Waals surface area contributed by atoms with E-state index < -0.39 is 40.7 Å². The average Bonchev–Trinajstić information content (AvgIpc) is 2.60. The maximum atomic E-state index is 12.8. The van der Waals surface area contributed by atoms with E-state index in [1.54, 1.807) is 27.7 Å². The Bertz CT molecular complexity index is 510. The van der Waals surface area contributed by atoms with Gasteiger partial charge in [-0.25, -0.2) is 0 Å². The first-order valence-corrected chi connectivity index (χ1v) is 9.23. The number of ether oxygens (including phenoxy) is 3. The quantitative estimate of drug-likeness (QED) is 0.360. The number of carbonyl (C=O) groups excluding carboxylic acids is 3. The highest BCUT2D eigenvalue weighted by atomic mass is 16.6. The smallest absolute Gasteiger partial charge is 0.312 e. The third-order valence-corrected chi connectivity index (χ3v) is 4.87. The first-order valence-electron chi connectivity index (χ1n) is 9.23. The van der Waals surface area contributed by atoms with Gasteiger partial charge in [-0.2, -0.15) is 0 Å². The van der Waals surface area contributed by atoms with Crippen molar-refractivity contribution in [2.45, 2.75) is 60.0 Å². The minimum absolute atomic E-state index is 0.0741. The second-order valence-electron chi connectivity index (χ2n) is 7.69. The van der Waals surface area contributed by atoms with Crippen LogP contribution in [-0.4, -0.2) is 56.0 Å². The number of esters is 2. The summed E-state index contributed by atoms with van der Waals surface area (Å²) in [6, 6.07) is 0. The van der Waals surface area contributed by atoms with Gasteiger partial charge in [-0.1, -0.05) is 13.8 Å². The van der Waals surface area contributed by atoms with Crippen LogP contribution in [-0.2, 0) is 28.6 Å². The Labute approximate surface area is 161 Å². The van der Waals surface area contributed by atoms with Crippen LogP contribution in [0.1, 0.15) is 53.9 Å². The number of rotatable bonds is 13. The van der Waals surface area contributed by atoms with E-state index in [1.807, 2.05) is 6.92 Å². The van der Waals surface area contributed by atoms with Crippen LogP contribution in [0.2, 0.25) is 0 Å². The molecule has 0 aromatic carbocycles. The van der Waals surface area contributed by atoms with Crippen LogP contribution in [0.15, 0.2) is 0 Å². The SMILES string of the molecule is CCC(C)(CC(C)(CC(C)C(N)=O)C(=O)OCCOC)C(=O)OC(C)CO. The van der Waals surface area contributed by atoms with Gasteiger partial charge in [0.05, 0.1) is 24.0 Å². The van der Waals surface area contributed by atoms with Crippen molar-refractivity contribution in [2.75, 3.05) is 26.9 Å². The highest BCUT2D eigenvalue weighted by molar-refractivity contribution is 5.82. The predicted molar refractivity (Wildman–Crippen MR) is 99.6 cm³/mol. The molecule has 0 radical (unpaired) electrons. The van der Waals surface area contributed by atoms with Crippen molar-refractivity contribution in [2.24, 2.45) is 22.5 Å². The Morgan fingerprint density at radius 3 is 2.11 bits per heavy atom. The molecule has 1 amide bonds. The Morgan fingerprint density at radius 1 is 1.07 bits per heavy atom. The largest absolute Gasteiger partial charge is 0.463 e. The zero-order chi connectivity index (χ0) is 21.3. The molecule has 0 aromatic heterocycles. The van der Waals surface area contributed by atoms with E-state index in [0.717, 1.165) is 0 Å². The van der Waals surface area contributed by atoms with Gasteiger partial charge in [0, 0.05) is 13.0 Å². The van der Waals surface area contributed by atoms with Gasteiger partial charge in [0.1, 0.15) is 12.7 Å². The Morgan fingerprint density at radius 2 is 1.67 bits per heavy atom. The van der Waals surface area contributed by atoms with Crippen molar-refractivity contribution >= 4 is 17.8 Å². The summed E-state index contributed by atoms with van der Waals surface area (Å²) < 4.78 is 15.5. The van der Waals surface area contributed by atoms with Crippen LogP contribution in [0.4, 0.5) is 0 Å². The molecule has 8 heteroatoms. The Kier molecular flexibility index (Phi) is 10.5. The van der Waals surface area contributed by atoms with E-state index in [4.69, 9.17) is 25.1 Å². The van der Waals surface area contributed by atoms with Gasteiger partial charge < -0.3 is 25.1 Å². The molecule has 0 heterocycles. The maximum Gasteiger partial charge on any atom is 0.312 e. The minimum Gasteiger partial charge on any atom is -0.463 e. The molecule has 8 nitrogen and oxygen atoms in total. The van der Waals surface area contributed by atoms with Gasteiger partial charge >= 0.3 is 11.9 Å². The van der Waals surface area contributed by atoms with Crippen molar-refractivity contribution in [3.05, 3.63) is 0 Å². The lowest BCUT2D eigenvalue weighted by atomic mass is 9.68. The molecule has 27 heavy (non-hydrogen) atoms. The third kappa shape index (κ3) is 7.84. The molecular weight excluding hydrogens is 354 g/mol. The van der Waals surface area contributed by atoms with E-state index in [-0.39, 0.29) is 32.7 Å². The molecular formula is C19H35NO7. The molecule has 4 atom stereocenters. The molecule has 0 rings (SSSR count). The van der Waals surface area contributed by atoms with Crippen LogP contribution < -0.4 is 5.73 Å². The zero-order valence-corrected chi connectivity index (χ0v) is 17.4. The molecule has 3 N–H and O–H groups in total. The lowest BCUT2D eigenvalue weighted by molar-refractivity contribution is -0.169. The molecule has 0 spiro atoms. The lowest BCUT2D eigenvalue weighted by Crippen LogP contribution is -2.43. The fourth-order valence-corrected chi connectivity index (χ4v) is 2.96. The summed E-state index contributed by atoms with van der Waals surface area (Å²) in [6.07, 6.45) is 0.0344. The summed E-state index contributed by atoms with van der Waals surface area (Å²) in [5, 5.41) is 9.13. The average molecular weight is 389 g/mol. The highest BCUT2D eigenvalue weighted by Gasteiger charge is 2.47.